The van der Waals surface area contributed by atoms with Crippen molar-refractivity contribution in [3.05, 3.63) is 40.3 Å². The maximum absolute atomic E-state index is 12.8. The smallest absolute Gasteiger partial charge is 0.271 e. The van der Waals surface area contributed by atoms with Gasteiger partial charge in [-0.1, -0.05) is 25.4 Å². The first kappa shape index (κ1) is 22.4. The largest absolute Gasteiger partial charge is 0.344 e. The predicted molar refractivity (Wildman–Crippen MR) is 107 cm³/mol. The van der Waals surface area contributed by atoms with Crippen molar-refractivity contribution in [1.29, 1.82) is 0 Å². The molecule has 0 radical (unpaired) electrons. The second kappa shape index (κ2) is 8.84. The molecule has 0 aliphatic heterocycles. The summed E-state index contributed by atoms with van der Waals surface area (Å²) >= 11 is 6.22. The monoisotopic (exact) mass is 399 g/mol. The van der Waals surface area contributed by atoms with E-state index >= 15 is 0 Å². The van der Waals surface area contributed by atoms with Gasteiger partial charge in [-0.25, -0.2) is 9.67 Å². The van der Waals surface area contributed by atoms with Crippen molar-refractivity contribution in [2.45, 2.75) is 46.6 Å². The van der Waals surface area contributed by atoms with E-state index in [0.717, 1.165) is 17.8 Å². The molecule has 1 atom stereocenters. The second-order valence-electron chi connectivity index (χ2n) is 7.16. The van der Waals surface area contributed by atoms with E-state index < -0.39 is 5.54 Å². The molecule has 2 aromatic rings. The summed E-state index contributed by atoms with van der Waals surface area (Å²) in [6.07, 6.45) is 0.768. The van der Waals surface area contributed by atoms with Crippen molar-refractivity contribution in [2.75, 3.05) is 6.54 Å². The Morgan fingerprint density at radius 1 is 1.38 bits per heavy atom. The molecule has 2 aromatic heterocycles. The maximum Gasteiger partial charge on any atom is 0.271 e. The molecule has 0 saturated carbocycles. The highest BCUT2D eigenvalue weighted by Crippen LogP contribution is 2.20. The minimum Gasteiger partial charge on any atom is -0.344 e. The lowest BCUT2D eigenvalue weighted by Gasteiger charge is -2.31. The maximum atomic E-state index is 12.8. The second-order valence-corrected chi connectivity index (χ2v) is 7.56. The molecule has 26 heavy (non-hydrogen) atoms. The van der Waals surface area contributed by atoms with Crippen LogP contribution in [-0.2, 0) is 0 Å². The molecule has 1 amide bonds. The van der Waals surface area contributed by atoms with Gasteiger partial charge in [0, 0.05) is 12.2 Å². The van der Waals surface area contributed by atoms with Crippen molar-refractivity contribution in [3.8, 4) is 5.82 Å². The molecule has 3 N–H and O–H groups in total. The van der Waals surface area contributed by atoms with Crippen LogP contribution < -0.4 is 11.1 Å². The Kier molecular flexibility index (Phi) is 7.62. The average molecular weight is 400 g/mol. The number of pyridine rings is 1. The average Bonchev–Trinajstić information content (AvgIpc) is 2.85. The van der Waals surface area contributed by atoms with Crippen LogP contribution in [0.1, 0.15) is 49.1 Å². The van der Waals surface area contributed by atoms with Gasteiger partial charge in [0.25, 0.3) is 5.91 Å². The Hall–Kier alpha value is -1.63. The molecular formula is C18H27Cl2N5O. The van der Waals surface area contributed by atoms with Crippen LogP contribution in [0, 0.1) is 19.8 Å². The standard InChI is InChI=1S/C18H26ClN5O.ClH/c1-11(2)9-18(5,10-20)22-17(25)16-14(19)6-7-15(21-16)24-13(4)8-12(3)23-24;/h6-8,11H,9-10,20H2,1-5H3,(H,22,25);1H. The fraction of sp³-hybridized carbons (Fsp3) is 0.500. The lowest BCUT2D eigenvalue weighted by atomic mass is 9.90. The van der Waals surface area contributed by atoms with Gasteiger partial charge in [-0.2, -0.15) is 5.10 Å². The number of nitrogens with zero attached hydrogens (tertiary/aromatic N) is 3. The Balaban J connectivity index is 0.00000338. The SMILES string of the molecule is Cc1cc(C)n(-c2ccc(Cl)c(C(=O)NC(C)(CN)CC(C)C)n2)n1.Cl. The Morgan fingerprint density at radius 3 is 2.54 bits per heavy atom. The molecule has 8 heteroatoms. The van der Waals surface area contributed by atoms with Crippen molar-refractivity contribution >= 4 is 29.9 Å². The number of hydrogen-bond donors (Lipinski definition) is 2. The molecule has 0 fully saturated rings. The summed E-state index contributed by atoms with van der Waals surface area (Å²) in [6, 6.07) is 5.36. The van der Waals surface area contributed by atoms with Crippen molar-refractivity contribution in [2.24, 2.45) is 11.7 Å². The van der Waals surface area contributed by atoms with E-state index in [9.17, 15) is 4.79 Å². The Morgan fingerprint density at radius 2 is 2.04 bits per heavy atom. The Labute approximate surface area is 165 Å². The van der Waals surface area contributed by atoms with Gasteiger partial charge in [0.1, 0.15) is 5.69 Å². The minimum atomic E-state index is -0.509. The third-order valence-corrected chi connectivity index (χ3v) is 4.30. The molecule has 0 aromatic carbocycles. The van der Waals surface area contributed by atoms with Gasteiger partial charge in [-0.3, -0.25) is 4.79 Å². The molecule has 144 valence electrons. The number of rotatable bonds is 6. The summed E-state index contributed by atoms with van der Waals surface area (Å²) in [5, 5.41) is 7.69. The first-order valence-electron chi connectivity index (χ1n) is 8.38. The number of carbonyl (C=O) groups excluding carboxylic acids is 1. The molecular weight excluding hydrogens is 373 g/mol. The van der Waals surface area contributed by atoms with Crippen LogP contribution in [0.3, 0.4) is 0 Å². The zero-order valence-corrected chi connectivity index (χ0v) is 17.4. The van der Waals surface area contributed by atoms with E-state index in [1.165, 1.54) is 0 Å². The molecule has 2 heterocycles. The van der Waals surface area contributed by atoms with E-state index in [1.54, 1.807) is 16.8 Å². The number of hydrogen-bond acceptors (Lipinski definition) is 4. The summed E-state index contributed by atoms with van der Waals surface area (Å²) in [5.41, 5.74) is 7.37. The molecule has 0 saturated heterocycles. The lowest BCUT2D eigenvalue weighted by Crippen LogP contribution is -2.52. The summed E-state index contributed by atoms with van der Waals surface area (Å²) in [6.45, 7) is 10.3. The molecule has 1 unspecified atom stereocenters. The Bertz CT molecular complexity index is 775. The normalized spacial score (nSPS) is 13.2. The van der Waals surface area contributed by atoms with Crippen LogP contribution in [0.2, 0.25) is 5.02 Å². The lowest BCUT2D eigenvalue weighted by molar-refractivity contribution is 0.0893. The van der Waals surface area contributed by atoms with Gasteiger partial charge >= 0.3 is 0 Å². The predicted octanol–water partition coefficient (Wildman–Crippen LogP) is 3.45. The van der Waals surface area contributed by atoms with Gasteiger partial charge in [-0.15, -0.1) is 12.4 Å². The third-order valence-electron chi connectivity index (χ3n) is 4.00. The van der Waals surface area contributed by atoms with Crippen LogP contribution in [-0.4, -0.2) is 32.8 Å². The number of aromatic nitrogens is 3. The van der Waals surface area contributed by atoms with Crippen molar-refractivity contribution in [3.63, 3.8) is 0 Å². The molecule has 0 aliphatic rings. The van der Waals surface area contributed by atoms with E-state index in [2.05, 4.69) is 29.2 Å². The van der Waals surface area contributed by atoms with Crippen LogP contribution in [0.25, 0.3) is 5.82 Å². The van der Waals surface area contributed by atoms with Gasteiger partial charge in [-0.05, 0) is 51.3 Å². The number of nitrogens with one attached hydrogen (secondary N) is 1. The zero-order valence-electron chi connectivity index (χ0n) is 15.8. The number of nitrogens with two attached hydrogens (primary N) is 1. The van der Waals surface area contributed by atoms with Crippen molar-refractivity contribution in [1.82, 2.24) is 20.1 Å². The number of halogens is 2. The van der Waals surface area contributed by atoms with Crippen LogP contribution in [0.4, 0.5) is 0 Å². The summed E-state index contributed by atoms with van der Waals surface area (Å²) in [7, 11) is 0. The van der Waals surface area contributed by atoms with Gasteiger partial charge in [0.15, 0.2) is 5.82 Å². The quantitative estimate of drug-likeness (QED) is 0.778. The van der Waals surface area contributed by atoms with Gasteiger partial charge in [0.2, 0.25) is 0 Å². The number of amides is 1. The highest BCUT2D eigenvalue weighted by Gasteiger charge is 2.28. The topological polar surface area (TPSA) is 85.8 Å². The first-order valence-corrected chi connectivity index (χ1v) is 8.76. The zero-order chi connectivity index (χ0) is 18.8. The van der Waals surface area contributed by atoms with Crippen molar-refractivity contribution < 1.29 is 4.79 Å². The first-order chi connectivity index (χ1) is 11.6. The molecule has 2 rings (SSSR count). The number of aryl methyl sites for hydroxylation is 2. The van der Waals surface area contributed by atoms with Crippen LogP contribution in [0.5, 0.6) is 0 Å². The summed E-state index contributed by atoms with van der Waals surface area (Å²) < 4.78 is 1.69. The molecule has 0 aliphatic carbocycles. The van der Waals surface area contributed by atoms with Gasteiger partial charge < -0.3 is 11.1 Å². The van der Waals surface area contributed by atoms with E-state index in [1.807, 2.05) is 26.8 Å². The fourth-order valence-electron chi connectivity index (χ4n) is 2.99. The van der Waals surface area contributed by atoms with E-state index in [0.29, 0.717) is 23.3 Å². The fourth-order valence-corrected chi connectivity index (χ4v) is 3.18. The van der Waals surface area contributed by atoms with E-state index in [4.69, 9.17) is 17.3 Å². The van der Waals surface area contributed by atoms with Crippen LogP contribution in [0.15, 0.2) is 18.2 Å². The highest BCUT2D eigenvalue weighted by atomic mass is 35.5. The number of carbonyl (C=O) groups is 1. The molecule has 0 bridgehead atoms. The van der Waals surface area contributed by atoms with Gasteiger partial charge in [0.05, 0.1) is 16.3 Å². The van der Waals surface area contributed by atoms with Crippen LogP contribution >= 0.6 is 24.0 Å². The molecule has 6 nitrogen and oxygen atoms in total. The minimum absolute atomic E-state index is 0. The summed E-state index contributed by atoms with van der Waals surface area (Å²) in [4.78, 5) is 17.2. The summed E-state index contributed by atoms with van der Waals surface area (Å²) in [5.74, 6) is 0.624. The highest BCUT2D eigenvalue weighted by molar-refractivity contribution is 6.33. The molecule has 0 spiro atoms. The van der Waals surface area contributed by atoms with E-state index in [-0.39, 0.29) is 24.0 Å². The third kappa shape index (κ3) is 5.19.